The first-order valence-corrected chi connectivity index (χ1v) is 20.2. The summed E-state index contributed by atoms with van der Waals surface area (Å²) in [5.41, 5.74) is 0.0621. The highest BCUT2D eigenvalue weighted by atomic mass is 79.9. The monoisotopic (exact) mass is 785 g/mol. The lowest BCUT2D eigenvalue weighted by atomic mass is 10.0. The number of anilines is 1. The van der Waals surface area contributed by atoms with E-state index in [-0.39, 0.29) is 31.2 Å². The van der Waals surface area contributed by atoms with Crippen LogP contribution in [0.15, 0.2) is 59.1 Å². The molecule has 12 nitrogen and oxygen atoms in total. The normalized spacial score (nSPS) is 28.0. The second kappa shape index (κ2) is 14.1. The lowest BCUT2D eigenvalue weighted by Crippen LogP contribution is -2.57. The zero-order valence-corrected chi connectivity index (χ0v) is 30.8. The van der Waals surface area contributed by atoms with Gasteiger partial charge >= 0.3 is 0 Å². The van der Waals surface area contributed by atoms with Crippen LogP contribution in [-0.2, 0) is 24.4 Å². The van der Waals surface area contributed by atoms with Crippen molar-refractivity contribution in [2.24, 2.45) is 5.92 Å². The third-order valence-corrected chi connectivity index (χ3v) is 13.1. The molecule has 2 saturated carbocycles. The van der Waals surface area contributed by atoms with E-state index in [1.807, 2.05) is 54.6 Å². The number of allylic oxidation sites excluding steroid dienone is 1. The van der Waals surface area contributed by atoms with E-state index in [9.17, 15) is 22.8 Å². The predicted molar refractivity (Wildman–Crippen MR) is 194 cm³/mol. The summed E-state index contributed by atoms with van der Waals surface area (Å²) < 4.78 is 41.4. The van der Waals surface area contributed by atoms with Crippen molar-refractivity contribution < 1.29 is 32.3 Å². The molecule has 4 aliphatic rings. The van der Waals surface area contributed by atoms with Gasteiger partial charge in [-0.1, -0.05) is 58.3 Å². The Morgan fingerprint density at radius 2 is 1.96 bits per heavy atom. The zero-order valence-electron chi connectivity index (χ0n) is 27.6. The van der Waals surface area contributed by atoms with E-state index in [4.69, 9.17) is 9.47 Å². The molecule has 1 aromatic heterocycles. The Morgan fingerprint density at radius 1 is 1.12 bits per heavy atom. The van der Waals surface area contributed by atoms with E-state index in [1.54, 1.807) is 12.0 Å². The number of ether oxygens (including phenoxy) is 2. The van der Waals surface area contributed by atoms with Gasteiger partial charge in [-0.15, -0.1) is 0 Å². The molecule has 0 spiro atoms. The molecule has 266 valence electrons. The van der Waals surface area contributed by atoms with Gasteiger partial charge < -0.3 is 25.0 Å². The number of hydrogen-bond donors (Lipinski definition) is 3. The van der Waals surface area contributed by atoms with E-state index in [2.05, 4.69) is 36.3 Å². The molecule has 3 aromatic rings. The number of carbonyl (C=O) groups is 3. The van der Waals surface area contributed by atoms with Gasteiger partial charge in [-0.25, -0.2) is 13.4 Å². The molecule has 0 radical (unpaired) electrons. The lowest BCUT2D eigenvalue weighted by molar-refractivity contribution is -0.140. The highest BCUT2D eigenvalue weighted by Crippen LogP contribution is 2.46. The maximum absolute atomic E-state index is 14.5. The molecule has 2 aliphatic heterocycles. The van der Waals surface area contributed by atoms with Gasteiger partial charge in [0, 0.05) is 28.6 Å². The van der Waals surface area contributed by atoms with Crippen LogP contribution < -0.4 is 24.8 Å². The second-order valence-electron chi connectivity index (χ2n) is 13.5. The molecule has 50 heavy (non-hydrogen) atoms. The van der Waals surface area contributed by atoms with Crippen LogP contribution in [0.2, 0.25) is 0 Å². The van der Waals surface area contributed by atoms with E-state index < -0.39 is 50.8 Å². The smallest absolute Gasteiger partial charge is 0.274 e. The topological polar surface area (TPSA) is 156 Å². The van der Waals surface area contributed by atoms with Crippen molar-refractivity contribution >= 4 is 70.9 Å². The number of halogens is 1. The first-order chi connectivity index (χ1) is 24.0. The number of amides is 3. The molecule has 3 N–H and O–H groups in total. The van der Waals surface area contributed by atoms with Crippen LogP contribution in [0.5, 0.6) is 10.9 Å². The summed E-state index contributed by atoms with van der Waals surface area (Å²) in [7, 11) is -2.26. The van der Waals surface area contributed by atoms with E-state index in [0.717, 1.165) is 40.4 Å². The first-order valence-electron chi connectivity index (χ1n) is 17.0. The number of nitrogens with zero attached hydrogens (tertiary/aromatic N) is 2. The minimum atomic E-state index is -3.84. The molecular formula is C35H40BrN5O7S2. The number of nitrogens with one attached hydrogen (secondary N) is 3. The van der Waals surface area contributed by atoms with Gasteiger partial charge in [0.05, 0.1) is 29.1 Å². The van der Waals surface area contributed by atoms with Crippen LogP contribution in [0.4, 0.5) is 5.69 Å². The van der Waals surface area contributed by atoms with Crippen molar-refractivity contribution in [3.63, 3.8) is 0 Å². The summed E-state index contributed by atoms with van der Waals surface area (Å²) in [4.78, 5) is 48.6. The lowest BCUT2D eigenvalue weighted by Gasteiger charge is -2.30. The third kappa shape index (κ3) is 7.49. The molecule has 5 atom stereocenters. The minimum Gasteiger partial charge on any atom is -0.497 e. The van der Waals surface area contributed by atoms with Crippen molar-refractivity contribution in [3.8, 4) is 10.9 Å². The molecule has 3 heterocycles. The van der Waals surface area contributed by atoms with Gasteiger partial charge in [-0.05, 0) is 68.9 Å². The predicted octanol–water partition coefficient (Wildman–Crippen LogP) is 4.90. The number of sulfonamides is 1. The Balaban J connectivity index is 1.18. The van der Waals surface area contributed by atoms with Gasteiger partial charge in [0.2, 0.25) is 21.8 Å². The number of carbonyl (C=O) groups excluding carboxylic acids is 3. The van der Waals surface area contributed by atoms with Gasteiger partial charge in [0.1, 0.15) is 29.5 Å². The molecule has 1 saturated heterocycles. The Hall–Kier alpha value is -3.69. The summed E-state index contributed by atoms with van der Waals surface area (Å²) in [5.74, 6) is -1.25. The van der Waals surface area contributed by atoms with Gasteiger partial charge in [-0.3, -0.25) is 19.1 Å². The number of fused-ring (bicyclic) bond motifs is 3. The zero-order chi connectivity index (χ0) is 35.0. The van der Waals surface area contributed by atoms with Gasteiger partial charge in [0.25, 0.3) is 11.1 Å². The SMILES string of the molecule is COc1cccc(N[C@H]2CCCCC/C=C\[C@@H]3C[C@@]3(C(=O)NS(=O)(=O)C3CC3)NC(=O)[C@@H]3C[C@@H](Oc4nc5ccc(Br)cc5s4)CN3C2=O)c1. The van der Waals surface area contributed by atoms with E-state index in [0.29, 0.717) is 35.9 Å². The van der Waals surface area contributed by atoms with Crippen molar-refractivity contribution in [3.05, 3.63) is 59.1 Å². The molecule has 3 fully saturated rings. The fraction of sp³-hybridized carbons (Fsp3) is 0.486. The van der Waals surface area contributed by atoms with Crippen molar-refractivity contribution in [2.75, 3.05) is 19.0 Å². The number of aromatic nitrogens is 1. The van der Waals surface area contributed by atoms with Gasteiger partial charge in [-0.2, -0.15) is 0 Å². The highest BCUT2D eigenvalue weighted by Gasteiger charge is 2.62. The summed E-state index contributed by atoms with van der Waals surface area (Å²) >= 11 is 4.87. The number of methoxy groups -OCH3 is 1. The number of hydrogen-bond acceptors (Lipinski definition) is 10. The molecule has 3 amide bonds. The highest BCUT2D eigenvalue weighted by molar-refractivity contribution is 9.10. The Labute approximate surface area is 303 Å². The average molecular weight is 787 g/mol. The maximum Gasteiger partial charge on any atom is 0.274 e. The van der Waals surface area contributed by atoms with Crippen molar-refractivity contribution in [1.82, 2.24) is 19.9 Å². The largest absolute Gasteiger partial charge is 0.497 e. The molecule has 7 rings (SSSR count). The Morgan fingerprint density at radius 3 is 2.76 bits per heavy atom. The standard InChI is InChI=1S/C35H40BrN5O7S2/c1-47-24-10-7-9-23(17-24)37-28-11-6-4-2-3-5-8-21-19-35(21,33(44)40-50(45,46)26-13-14-26)39-31(42)29-18-25(20-41(29)32(28)43)48-34-38-27-15-12-22(36)16-30(27)49-34/h5,7-10,12,15-17,21,25-26,28-29,37H,2-4,6,11,13-14,18-20H2,1H3,(H,39,42)(H,40,44)/b8-5-/t21-,25-,28+,29+,35-/m1/s1. The summed E-state index contributed by atoms with van der Waals surface area (Å²) in [6, 6.07) is 11.5. The third-order valence-electron chi connectivity index (χ3n) is 9.85. The molecular weight excluding hydrogens is 746 g/mol. The van der Waals surface area contributed by atoms with Crippen LogP contribution in [0.1, 0.15) is 57.8 Å². The quantitative estimate of drug-likeness (QED) is 0.271. The molecule has 0 bridgehead atoms. The summed E-state index contributed by atoms with van der Waals surface area (Å²) in [6.07, 6.45) is 8.64. The fourth-order valence-electron chi connectivity index (χ4n) is 6.83. The summed E-state index contributed by atoms with van der Waals surface area (Å²) in [5, 5.41) is 6.16. The fourth-order valence-corrected chi connectivity index (χ4v) is 9.63. The summed E-state index contributed by atoms with van der Waals surface area (Å²) in [6.45, 7) is 0.130. The average Bonchev–Trinajstić information content (AvgIpc) is 3.98. The first kappa shape index (κ1) is 34.7. The minimum absolute atomic E-state index is 0.130. The van der Waals surface area contributed by atoms with E-state index >= 15 is 0 Å². The van der Waals surface area contributed by atoms with Crippen molar-refractivity contribution in [1.29, 1.82) is 0 Å². The Kier molecular flexibility index (Phi) is 9.83. The van der Waals surface area contributed by atoms with Crippen LogP contribution in [0, 0.1) is 5.92 Å². The number of rotatable bonds is 8. The van der Waals surface area contributed by atoms with Crippen LogP contribution >= 0.6 is 27.3 Å². The molecule has 2 aliphatic carbocycles. The van der Waals surface area contributed by atoms with Crippen LogP contribution in [0.25, 0.3) is 10.2 Å². The van der Waals surface area contributed by atoms with Crippen molar-refractivity contribution in [2.45, 2.75) is 86.8 Å². The van der Waals surface area contributed by atoms with Crippen LogP contribution in [0.3, 0.4) is 0 Å². The Bertz CT molecular complexity index is 1930. The molecule has 0 unspecified atom stereocenters. The second-order valence-corrected chi connectivity index (χ2v) is 17.4. The molecule has 2 aromatic carbocycles. The maximum atomic E-state index is 14.5. The van der Waals surface area contributed by atoms with Gasteiger partial charge in [0.15, 0.2) is 0 Å². The molecule has 15 heteroatoms. The van der Waals surface area contributed by atoms with E-state index in [1.165, 1.54) is 11.3 Å². The van der Waals surface area contributed by atoms with Crippen LogP contribution in [-0.4, -0.2) is 78.7 Å². The number of benzene rings is 2. The number of thiazole rings is 1.